The number of ether oxygens (including phenoxy) is 3. The standard InChI is InChI=1S/C26H26N4O7/c1-16-25(17(2)29(28-16)14-18-5-11-22(34-3)24(13-18)35-4)27-26(31)23-12-10-21(37-23)15-36-20-8-6-19(7-9-20)30(32)33/h5-13H,14-15H2,1-4H3,(H,27,31). The molecule has 2 heterocycles. The van der Waals surface area contributed by atoms with Crippen LogP contribution in [0.1, 0.15) is 33.3 Å². The fraction of sp³-hybridized carbons (Fsp3) is 0.231. The molecule has 2 aromatic carbocycles. The van der Waals surface area contributed by atoms with Crippen molar-refractivity contribution in [2.75, 3.05) is 19.5 Å². The van der Waals surface area contributed by atoms with Crippen LogP contribution in [-0.4, -0.2) is 34.8 Å². The van der Waals surface area contributed by atoms with E-state index in [1.54, 1.807) is 31.0 Å². The van der Waals surface area contributed by atoms with Gasteiger partial charge in [0.25, 0.3) is 11.6 Å². The minimum Gasteiger partial charge on any atom is -0.493 e. The first-order valence-corrected chi connectivity index (χ1v) is 11.3. The van der Waals surface area contributed by atoms with Crippen LogP contribution >= 0.6 is 0 Å². The van der Waals surface area contributed by atoms with Gasteiger partial charge in [0.2, 0.25) is 0 Å². The SMILES string of the molecule is COc1ccc(Cn2nc(C)c(NC(=O)c3ccc(COc4ccc([N+](=O)[O-])cc4)o3)c2C)cc1OC. The largest absolute Gasteiger partial charge is 0.493 e. The van der Waals surface area contributed by atoms with Crippen LogP contribution in [0.25, 0.3) is 0 Å². The Balaban J connectivity index is 1.40. The molecular weight excluding hydrogens is 480 g/mol. The van der Waals surface area contributed by atoms with Crippen LogP contribution in [-0.2, 0) is 13.2 Å². The van der Waals surface area contributed by atoms with Gasteiger partial charge in [0.15, 0.2) is 17.3 Å². The van der Waals surface area contributed by atoms with Crippen molar-refractivity contribution in [1.82, 2.24) is 9.78 Å². The van der Waals surface area contributed by atoms with Gasteiger partial charge in [-0.1, -0.05) is 6.07 Å². The summed E-state index contributed by atoms with van der Waals surface area (Å²) in [7, 11) is 3.17. The van der Waals surface area contributed by atoms with Crippen molar-refractivity contribution < 1.29 is 28.3 Å². The minimum absolute atomic E-state index is 0.0260. The van der Waals surface area contributed by atoms with Gasteiger partial charge >= 0.3 is 0 Å². The van der Waals surface area contributed by atoms with Crippen LogP contribution < -0.4 is 19.5 Å². The third-order valence-electron chi connectivity index (χ3n) is 5.71. The first-order valence-electron chi connectivity index (χ1n) is 11.3. The number of non-ortho nitro benzene ring substituents is 1. The first-order chi connectivity index (χ1) is 17.8. The number of carbonyl (C=O) groups is 1. The van der Waals surface area contributed by atoms with Crippen molar-refractivity contribution in [3.63, 3.8) is 0 Å². The molecule has 192 valence electrons. The molecule has 0 unspecified atom stereocenters. The Morgan fingerprint density at radius 3 is 2.46 bits per heavy atom. The van der Waals surface area contributed by atoms with E-state index in [1.165, 1.54) is 24.3 Å². The highest BCUT2D eigenvalue weighted by molar-refractivity contribution is 6.02. The van der Waals surface area contributed by atoms with Crippen LogP contribution in [0.15, 0.2) is 59.0 Å². The maximum absolute atomic E-state index is 12.9. The number of anilines is 1. The molecule has 1 amide bonds. The van der Waals surface area contributed by atoms with E-state index in [4.69, 9.17) is 18.6 Å². The quantitative estimate of drug-likeness (QED) is 0.237. The molecule has 11 nitrogen and oxygen atoms in total. The summed E-state index contributed by atoms with van der Waals surface area (Å²) in [5, 5.41) is 18.2. The third-order valence-corrected chi connectivity index (χ3v) is 5.71. The Morgan fingerprint density at radius 2 is 1.78 bits per heavy atom. The number of carbonyl (C=O) groups excluding carboxylic acids is 1. The second kappa shape index (κ2) is 10.9. The highest BCUT2D eigenvalue weighted by atomic mass is 16.6. The van der Waals surface area contributed by atoms with E-state index < -0.39 is 10.8 Å². The molecule has 2 aromatic heterocycles. The summed E-state index contributed by atoms with van der Waals surface area (Å²) in [5.41, 5.74) is 2.99. The van der Waals surface area contributed by atoms with E-state index >= 15 is 0 Å². The van der Waals surface area contributed by atoms with Crippen LogP contribution in [0, 0.1) is 24.0 Å². The number of hydrogen-bond acceptors (Lipinski definition) is 8. The molecule has 0 aliphatic heterocycles. The smallest absolute Gasteiger partial charge is 0.291 e. The zero-order valence-corrected chi connectivity index (χ0v) is 20.8. The van der Waals surface area contributed by atoms with E-state index in [0.717, 1.165) is 11.3 Å². The predicted molar refractivity (Wildman–Crippen MR) is 134 cm³/mol. The van der Waals surface area contributed by atoms with E-state index in [9.17, 15) is 14.9 Å². The number of methoxy groups -OCH3 is 2. The molecule has 0 saturated carbocycles. The Morgan fingerprint density at radius 1 is 1.05 bits per heavy atom. The molecular formula is C26H26N4O7. The van der Waals surface area contributed by atoms with Gasteiger partial charge in [-0.3, -0.25) is 19.6 Å². The topological polar surface area (TPSA) is 131 Å². The zero-order valence-electron chi connectivity index (χ0n) is 20.8. The lowest BCUT2D eigenvalue weighted by Crippen LogP contribution is -2.12. The second-order valence-corrected chi connectivity index (χ2v) is 8.15. The third kappa shape index (κ3) is 5.72. The predicted octanol–water partition coefficient (Wildman–Crippen LogP) is 4.90. The fourth-order valence-corrected chi connectivity index (χ4v) is 3.75. The van der Waals surface area contributed by atoms with Crippen LogP contribution in [0.3, 0.4) is 0 Å². The zero-order chi connectivity index (χ0) is 26.5. The second-order valence-electron chi connectivity index (χ2n) is 8.15. The molecule has 0 aliphatic rings. The normalized spacial score (nSPS) is 10.7. The lowest BCUT2D eigenvalue weighted by Gasteiger charge is -2.11. The summed E-state index contributed by atoms with van der Waals surface area (Å²) in [6, 6.07) is 14.6. The average molecular weight is 507 g/mol. The number of hydrogen-bond donors (Lipinski definition) is 1. The van der Waals surface area contributed by atoms with Gasteiger partial charge < -0.3 is 23.9 Å². The summed E-state index contributed by atoms with van der Waals surface area (Å²) in [6.45, 7) is 4.24. The average Bonchev–Trinajstić information content (AvgIpc) is 3.48. The fourth-order valence-electron chi connectivity index (χ4n) is 3.75. The van der Waals surface area contributed by atoms with Gasteiger partial charge in [0.1, 0.15) is 18.1 Å². The summed E-state index contributed by atoms with van der Waals surface area (Å²) < 4.78 is 23.7. The van der Waals surface area contributed by atoms with E-state index in [0.29, 0.717) is 40.9 Å². The number of rotatable bonds is 10. The number of nitrogens with one attached hydrogen (secondary N) is 1. The lowest BCUT2D eigenvalue weighted by atomic mass is 10.2. The molecule has 4 aromatic rings. The number of aryl methyl sites for hydroxylation is 1. The molecule has 0 bridgehead atoms. The highest BCUT2D eigenvalue weighted by Gasteiger charge is 2.18. The number of aromatic nitrogens is 2. The van der Waals surface area contributed by atoms with Crippen molar-refractivity contribution in [3.05, 3.63) is 93.2 Å². The number of amides is 1. The van der Waals surface area contributed by atoms with Crippen molar-refractivity contribution in [3.8, 4) is 17.2 Å². The Kier molecular flexibility index (Phi) is 7.42. The van der Waals surface area contributed by atoms with Crippen molar-refractivity contribution in [1.29, 1.82) is 0 Å². The van der Waals surface area contributed by atoms with Crippen LogP contribution in [0.5, 0.6) is 17.2 Å². The number of nitro groups is 1. The van der Waals surface area contributed by atoms with E-state index in [1.807, 2.05) is 32.0 Å². The Labute approximate surface area is 212 Å². The molecule has 0 aliphatic carbocycles. The van der Waals surface area contributed by atoms with Gasteiger partial charge in [-0.05, 0) is 55.8 Å². The van der Waals surface area contributed by atoms with Crippen molar-refractivity contribution in [2.24, 2.45) is 0 Å². The summed E-state index contributed by atoms with van der Waals surface area (Å²) >= 11 is 0. The van der Waals surface area contributed by atoms with Crippen LogP contribution in [0.2, 0.25) is 0 Å². The molecule has 37 heavy (non-hydrogen) atoms. The van der Waals surface area contributed by atoms with E-state index in [2.05, 4.69) is 10.4 Å². The number of nitro benzene ring substituents is 1. The highest BCUT2D eigenvalue weighted by Crippen LogP contribution is 2.29. The molecule has 4 rings (SSSR count). The Hall–Kier alpha value is -4.80. The molecule has 1 N–H and O–H groups in total. The molecule has 0 spiro atoms. The van der Waals surface area contributed by atoms with Gasteiger partial charge in [-0.2, -0.15) is 5.10 Å². The maximum atomic E-state index is 12.9. The first kappa shape index (κ1) is 25.3. The summed E-state index contributed by atoms with van der Waals surface area (Å²) in [4.78, 5) is 23.1. The van der Waals surface area contributed by atoms with Gasteiger partial charge in [0.05, 0.1) is 42.8 Å². The van der Waals surface area contributed by atoms with E-state index in [-0.39, 0.29) is 18.1 Å². The molecule has 11 heteroatoms. The van der Waals surface area contributed by atoms with Gasteiger partial charge in [-0.25, -0.2) is 0 Å². The number of nitrogens with zero attached hydrogens (tertiary/aromatic N) is 3. The lowest BCUT2D eigenvalue weighted by molar-refractivity contribution is -0.384. The molecule has 0 atom stereocenters. The van der Waals surface area contributed by atoms with Crippen LogP contribution in [0.4, 0.5) is 11.4 Å². The summed E-state index contributed by atoms with van der Waals surface area (Å²) in [6.07, 6.45) is 0. The van der Waals surface area contributed by atoms with Crippen molar-refractivity contribution in [2.45, 2.75) is 27.0 Å². The Bertz CT molecular complexity index is 1420. The minimum atomic E-state index is -0.482. The van der Waals surface area contributed by atoms with Gasteiger partial charge in [0, 0.05) is 12.1 Å². The number of furan rings is 1. The summed E-state index contributed by atoms with van der Waals surface area (Å²) in [5.74, 6) is 1.85. The maximum Gasteiger partial charge on any atom is 0.291 e. The molecule has 0 fully saturated rings. The molecule has 0 saturated heterocycles. The molecule has 0 radical (unpaired) electrons. The number of benzene rings is 2. The van der Waals surface area contributed by atoms with Gasteiger partial charge in [-0.15, -0.1) is 0 Å². The monoisotopic (exact) mass is 506 g/mol. The van der Waals surface area contributed by atoms with Crippen molar-refractivity contribution >= 4 is 17.3 Å².